The Labute approximate surface area is 203 Å². The molecule has 4 nitrogen and oxygen atoms in total. The highest BCUT2D eigenvalue weighted by atomic mass is 35.5. The van der Waals surface area contributed by atoms with Crippen molar-refractivity contribution in [2.24, 2.45) is 0 Å². The van der Waals surface area contributed by atoms with Crippen LogP contribution in [0.2, 0.25) is 10.0 Å². The Kier molecular flexibility index (Phi) is 7.17. The fraction of sp³-hybridized carbons (Fsp3) is 0.185. The Hall–Kier alpha value is -3.08. The number of allylic oxidation sites excluding steroid dienone is 1. The molecule has 33 heavy (non-hydrogen) atoms. The van der Waals surface area contributed by atoms with Gasteiger partial charge in [0, 0.05) is 28.1 Å². The second kappa shape index (κ2) is 10.2. The first-order valence-electron chi connectivity index (χ1n) is 10.6. The summed E-state index contributed by atoms with van der Waals surface area (Å²) in [6.45, 7) is 2.28. The van der Waals surface area contributed by atoms with Crippen LogP contribution < -0.4 is 0 Å². The lowest BCUT2D eigenvalue weighted by atomic mass is 9.83. The zero-order valence-corrected chi connectivity index (χ0v) is 19.6. The Morgan fingerprint density at radius 3 is 2.33 bits per heavy atom. The average molecular weight is 480 g/mol. The number of hydrogen-bond donors (Lipinski definition) is 0. The average Bonchev–Trinajstić information content (AvgIpc) is 2.81. The summed E-state index contributed by atoms with van der Waals surface area (Å²) in [6, 6.07) is 24.1. The number of carbonyl (C=O) groups is 2. The van der Waals surface area contributed by atoms with Gasteiger partial charge in [-0.15, -0.1) is 0 Å². The van der Waals surface area contributed by atoms with Crippen molar-refractivity contribution in [3.63, 3.8) is 0 Å². The van der Waals surface area contributed by atoms with Crippen LogP contribution in [0.5, 0.6) is 0 Å². The first kappa shape index (κ1) is 23.1. The van der Waals surface area contributed by atoms with E-state index in [1.165, 1.54) is 0 Å². The fourth-order valence-corrected chi connectivity index (χ4v) is 4.41. The lowest BCUT2D eigenvalue weighted by Crippen LogP contribution is -2.38. The molecule has 0 radical (unpaired) electrons. The molecule has 0 aromatic heterocycles. The van der Waals surface area contributed by atoms with Gasteiger partial charge in [-0.25, -0.2) is 4.79 Å². The lowest BCUT2D eigenvalue weighted by molar-refractivity contribution is -0.141. The van der Waals surface area contributed by atoms with Crippen LogP contribution in [0.3, 0.4) is 0 Å². The van der Waals surface area contributed by atoms with Gasteiger partial charge >= 0.3 is 5.97 Å². The molecule has 0 bridgehead atoms. The molecule has 0 saturated heterocycles. The molecule has 168 valence electrons. The fourth-order valence-electron chi connectivity index (χ4n) is 4.07. The maximum Gasteiger partial charge on any atom is 0.336 e. The summed E-state index contributed by atoms with van der Waals surface area (Å²) in [6.07, 6.45) is 0.162. The molecule has 1 unspecified atom stereocenters. The number of benzene rings is 3. The summed E-state index contributed by atoms with van der Waals surface area (Å²) in [5.74, 6) is -0.902. The number of nitrogens with zero attached hydrogens (tertiary/aromatic N) is 1. The maximum absolute atomic E-state index is 13.3. The van der Waals surface area contributed by atoms with Gasteiger partial charge in [0.05, 0.1) is 12.1 Å². The van der Waals surface area contributed by atoms with E-state index in [1.807, 2.05) is 60.7 Å². The van der Waals surface area contributed by atoms with Gasteiger partial charge in [0.1, 0.15) is 6.61 Å². The minimum absolute atomic E-state index is 0.0629. The Bertz CT molecular complexity index is 1190. The SMILES string of the molecule is CC1=C(C(=O)OCc2ccccc2)C(c2ccc(Cl)cc2)CC(=O)N1Cc1cccc(Cl)c1. The normalized spacial score (nSPS) is 16.2. The number of esters is 1. The van der Waals surface area contributed by atoms with Crippen molar-refractivity contribution in [2.45, 2.75) is 32.4 Å². The van der Waals surface area contributed by atoms with Crippen LogP contribution in [-0.2, 0) is 27.5 Å². The highest BCUT2D eigenvalue weighted by molar-refractivity contribution is 6.30. The van der Waals surface area contributed by atoms with E-state index in [2.05, 4.69) is 0 Å². The lowest BCUT2D eigenvalue weighted by Gasteiger charge is -2.34. The minimum Gasteiger partial charge on any atom is -0.457 e. The summed E-state index contributed by atoms with van der Waals surface area (Å²) >= 11 is 12.2. The van der Waals surface area contributed by atoms with Gasteiger partial charge in [-0.3, -0.25) is 4.79 Å². The molecule has 0 spiro atoms. The predicted octanol–water partition coefficient (Wildman–Crippen LogP) is 6.53. The van der Waals surface area contributed by atoms with Crippen molar-refractivity contribution in [1.29, 1.82) is 0 Å². The molecule has 0 saturated carbocycles. The molecule has 3 aromatic carbocycles. The van der Waals surface area contributed by atoms with Crippen LogP contribution in [-0.4, -0.2) is 16.8 Å². The van der Waals surface area contributed by atoms with Crippen molar-refractivity contribution in [3.05, 3.63) is 117 Å². The molecule has 0 fully saturated rings. The first-order chi connectivity index (χ1) is 15.9. The first-order valence-corrected chi connectivity index (χ1v) is 11.4. The number of rotatable bonds is 6. The molecular formula is C27H23Cl2NO3. The zero-order valence-electron chi connectivity index (χ0n) is 18.1. The summed E-state index contributed by atoms with van der Waals surface area (Å²) in [4.78, 5) is 28.1. The number of ether oxygens (including phenoxy) is 1. The number of carbonyl (C=O) groups excluding carboxylic acids is 2. The Balaban J connectivity index is 1.68. The van der Waals surface area contributed by atoms with Crippen molar-refractivity contribution in [3.8, 4) is 0 Å². The molecular weight excluding hydrogens is 457 g/mol. The third kappa shape index (κ3) is 5.47. The molecule has 1 amide bonds. The predicted molar refractivity (Wildman–Crippen MR) is 130 cm³/mol. The summed E-state index contributed by atoms with van der Waals surface area (Å²) in [5.41, 5.74) is 3.70. The van der Waals surface area contributed by atoms with Crippen LogP contribution >= 0.6 is 23.2 Å². The second-order valence-corrected chi connectivity index (χ2v) is 8.85. The third-order valence-corrected chi connectivity index (χ3v) is 6.24. The summed E-state index contributed by atoms with van der Waals surface area (Å²) in [7, 11) is 0. The van der Waals surface area contributed by atoms with E-state index in [4.69, 9.17) is 27.9 Å². The molecule has 0 N–H and O–H groups in total. The van der Waals surface area contributed by atoms with Crippen LogP contribution in [0, 0.1) is 0 Å². The maximum atomic E-state index is 13.3. The van der Waals surface area contributed by atoms with E-state index in [0.29, 0.717) is 27.9 Å². The van der Waals surface area contributed by atoms with E-state index in [0.717, 1.165) is 16.7 Å². The largest absolute Gasteiger partial charge is 0.457 e. The van der Waals surface area contributed by atoms with E-state index >= 15 is 0 Å². The second-order valence-electron chi connectivity index (χ2n) is 7.98. The van der Waals surface area contributed by atoms with Gasteiger partial charge in [-0.2, -0.15) is 0 Å². The summed E-state index contributed by atoms with van der Waals surface area (Å²) < 4.78 is 5.68. The van der Waals surface area contributed by atoms with Crippen molar-refractivity contribution >= 4 is 35.1 Å². The molecule has 1 heterocycles. The Morgan fingerprint density at radius 2 is 1.64 bits per heavy atom. The highest BCUT2D eigenvalue weighted by Crippen LogP contribution is 2.38. The highest BCUT2D eigenvalue weighted by Gasteiger charge is 2.37. The van der Waals surface area contributed by atoms with Crippen molar-refractivity contribution in [1.82, 2.24) is 4.90 Å². The molecule has 0 aliphatic carbocycles. The monoisotopic (exact) mass is 479 g/mol. The number of amides is 1. The number of hydrogen-bond acceptors (Lipinski definition) is 3. The quantitative estimate of drug-likeness (QED) is 0.377. The molecule has 1 aliphatic heterocycles. The van der Waals surface area contributed by atoms with Gasteiger partial charge in [-0.05, 0) is 47.9 Å². The van der Waals surface area contributed by atoms with Gasteiger partial charge in [0.25, 0.3) is 0 Å². The molecule has 4 rings (SSSR count). The third-order valence-electron chi connectivity index (χ3n) is 5.76. The van der Waals surface area contributed by atoms with E-state index < -0.39 is 11.9 Å². The topological polar surface area (TPSA) is 46.6 Å². The van der Waals surface area contributed by atoms with Crippen LogP contribution in [0.25, 0.3) is 0 Å². The smallest absolute Gasteiger partial charge is 0.336 e. The van der Waals surface area contributed by atoms with Gasteiger partial charge in [0.2, 0.25) is 5.91 Å². The van der Waals surface area contributed by atoms with Crippen molar-refractivity contribution in [2.75, 3.05) is 0 Å². The van der Waals surface area contributed by atoms with Gasteiger partial charge in [0.15, 0.2) is 0 Å². The van der Waals surface area contributed by atoms with Gasteiger partial charge in [-0.1, -0.05) is 77.8 Å². The zero-order chi connectivity index (χ0) is 23.4. The molecule has 1 aliphatic rings. The van der Waals surface area contributed by atoms with Gasteiger partial charge < -0.3 is 9.64 Å². The van der Waals surface area contributed by atoms with E-state index in [-0.39, 0.29) is 18.9 Å². The number of halogens is 2. The molecule has 1 atom stereocenters. The Morgan fingerprint density at radius 1 is 0.939 bits per heavy atom. The van der Waals surface area contributed by atoms with E-state index in [9.17, 15) is 9.59 Å². The van der Waals surface area contributed by atoms with Crippen LogP contribution in [0.15, 0.2) is 90.1 Å². The standard InChI is InChI=1S/C27H23Cl2NO3/c1-18-26(27(32)33-17-19-6-3-2-4-7-19)24(21-10-12-22(28)13-11-21)15-25(31)30(18)16-20-8-5-9-23(29)14-20/h2-14,24H,15-17H2,1H3. The summed E-state index contributed by atoms with van der Waals surface area (Å²) in [5, 5.41) is 1.19. The van der Waals surface area contributed by atoms with Crippen LogP contribution in [0.1, 0.15) is 36.0 Å². The molecule has 6 heteroatoms. The van der Waals surface area contributed by atoms with E-state index in [1.54, 1.807) is 30.0 Å². The van der Waals surface area contributed by atoms with Crippen molar-refractivity contribution < 1.29 is 14.3 Å². The molecule has 3 aromatic rings. The minimum atomic E-state index is -0.431. The van der Waals surface area contributed by atoms with Crippen LogP contribution in [0.4, 0.5) is 0 Å².